The zero-order valence-corrected chi connectivity index (χ0v) is 7.59. The van der Waals surface area contributed by atoms with Crippen molar-refractivity contribution >= 4 is 12.0 Å². The minimum Gasteiger partial charge on any atom is -0.433 e. The molecular weight excluding hydrogens is 158 g/mol. The molecule has 0 aromatic heterocycles. The molecular formula is C8H13NO3. The molecule has 12 heavy (non-hydrogen) atoms. The molecule has 0 saturated carbocycles. The molecule has 0 N–H and O–H groups in total. The lowest BCUT2D eigenvalue weighted by Gasteiger charge is -2.12. The maximum atomic E-state index is 11.4. The summed E-state index contributed by atoms with van der Waals surface area (Å²) < 4.78 is 4.86. The average molecular weight is 171 g/mol. The first kappa shape index (κ1) is 9.03. The highest BCUT2D eigenvalue weighted by Crippen LogP contribution is 2.23. The van der Waals surface area contributed by atoms with Crippen LogP contribution in [0.5, 0.6) is 0 Å². The van der Waals surface area contributed by atoms with E-state index in [0.29, 0.717) is 6.54 Å². The molecule has 0 radical (unpaired) electrons. The Hall–Kier alpha value is -1.06. The minimum absolute atomic E-state index is 0.241. The highest BCUT2D eigenvalue weighted by Gasteiger charge is 2.46. The molecule has 2 amide bonds. The van der Waals surface area contributed by atoms with Gasteiger partial charge in [-0.3, -0.25) is 4.79 Å². The van der Waals surface area contributed by atoms with E-state index in [1.54, 1.807) is 13.8 Å². The number of carbonyl (C=O) groups is 2. The molecule has 4 nitrogen and oxygen atoms in total. The van der Waals surface area contributed by atoms with Crippen LogP contribution in [0.25, 0.3) is 0 Å². The summed E-state index contributed by atoms with van der Waals surface area (Å²) in [4.78, 5) is 23.6. The van der Waals surface area contributed by atoms with Gasteiger partial charge in [-0.2, -0.15) is 0 Å². The Labute approximate surface area is 71.5 Å². The van der Waals surface area contributed by atoms with Crippen molar-refractivity contribution in [3.63, 3.8) is 0 Å². The zero-order valence-electron chi connectivity index (χ0n) is 7.59. The normalized spacial score (nSPS) is 21.4. The molecule has 0 aromatic carbocycles. The van der Waals surface area contributed by atoms with Gasteiger partial charge in [0.25, 0.3) is 5.91 Å². The Balaban J connectivity index is 2.78. The summed E-state index contributed by atoms with van der Waals surface area (Å²) in [6.45, 7) is 5.55. The van der Waals surface area contributed by atoms with Gasteiger partial charge in [-0.15, -0.1) is 0 Å². The smallest absolute Gasteiger partial charge is 0.417 e. The Morgan fingerprint density at radius 1 is 1.42 bits per heavy atom. The van der Waals surface area contributed by atoms with Crippen molar-refractivity contribution < 1.29 is 14.3 Å². The van der Waals surface area contributed by atoms with E-state index < -0.39 is 11.7 Å². The van der Waals surface area contributed by atoms with Gasteiger partial charge in [0.05, 0.1) is 0 Å². The van der Waals surface area contributed by atoms with Crippen molar-refractivity contribution in [1.82, 2.24) is 4.90 Å². The fourth-order valence-electron chi connectivity index (χ4n) is 1.14. The van der Waals surface area contributed by atoms with Gasteiger partial charge in [-0.05, 0) is 20.3 Å². The molecule has 4 heteroatoms. The summed E-state index contributed by atoms with van der Waals surface area (Å²) in [6, 6.07) is 0. The first-order chi connectivity index (χ1) is 5.49. The Morgan fingerprint density at radius 3 is 2.33 bits per heavy atom. The van der Waals surface area contributed by atoms with Gasteiger partial charge >= 0.3 is 6.09 Å². The van der Waals surface area contributed by atoms with Crippen molar-refractivity contribution in [2.75, 3.05) is 6.54 Å². The number of ether oxygens (including phenoxy) is 1. The molecule has 1 aliphatic rings. The van der Waals surface area contributed by atoms with E-state index in [4.69, 9.17) is 4.74 Å². The van der Waals surface area contributed by atoms with E-state index in [1.807, 2.05) is 6.92 Å². The Morgan fingerprint density at radius 2 is 2.00 bits per heavy atom. The third-order valence-corrected chi connectivity index (χ3v) is 1.77. The van der Waals surface area contributed by atoms with Crippen LogP contribution in [0, 0.1) is 0 Å². The van der Waals surface area contributed by atoms with Crippen molar-refractivity contribution in [1.29, 1.82) is 0 Å². The summed E-state index contributed by atoms with van der Waals surface area (Å²) in [7, 11) is 0. The molecule has 0 aromatic rings. The zero-order chi connectivity index (χ0) is 9.35. The van der Waals surface area contributed by atoms with Crippen LogP contribution in [0.3, 0.4) is 0 Å². The van der Waals surface area contributed by atoms with E-state index in [0.717, 1.165) is 11.3 Å². The third-order valence-electron chi connectivity index (χ3n) is 1.77. The standard InChI is InChI=1S/C8H13NO3/c1-4-5-9-6(10)8(2,3)12-7(9)11/h4-5H2,1-3H3. The average Bonchev–Trinajstić information content (AvgIpc) is 2.13. The van der Waals surface area contributed by atoms with Crippen molar-refractivity contribution in [3.8, 4) is 0 Å². The topological polar surface area (TPSA) is 46.6 Å². The van der Waals surface area contributed by atoms with Crippen LogP contribution in [0.1, 0.15) is 27.2 Å². The number of imide groups is 1. The van der Waals surface area contributed by atoms with E-state index in [2.05, 4.69) is 0 Å². The fraction of sp³-hybridized carbons (Fsp3) is 0.750. The predicted molar refractivity (Wildman–Crippen MR) is 42.6 cm³/mol. The summed E-state index contributed by atoms with van der Waals surface area (Å²) >= 11 is 0. The van der Waals surface area contributed by atoms with Crippen LogP contribution >= 0.6 is 0 Å². The van der Waals surface area contributed by atoms with Gasteiger partial charge in [-0.1, -0.05) is 6.92 Å². The maximum Gasteiger partial charge on any atom is 0.417 e. The van der Waals surface area contributed by atoms with Gasteiger partial charge in [0.15, 0.2) is 5.60 Å². The van der Waals surface area contributed by atoms with Gasteiger partial charge in [0.2, 0.25) is 0 Å². The lowest BCUT2D eigenvalue weighted by Crippen LogP contribution is -2.36. The van der Waals surface area contributed by atoms with Gasteiger partial charge in [-0.25, -0.2) is 9.69 Å². The summed E-state index contributed by atoms with van der Waals surface area (Å²) in [5.74, 6) is -0.241. The van der Waals surface area contributed by atoms with E-state index in [9.17, 15) is 9.59 Å². The molecule has 1 rings (SSSR count). The molecule has 1 fully saturated rings. The van der Waals surface area contributed by atoms with Crippen LogP contribution in [-0.2, 0) is 9.53 Å². The highest BCUT2D eigenvalue weighted by atomic mass is 16.6. The summed E-state index contributed by atoms with van der Waals surface area (Å²) in [5, 5.41) is 0. The maximum absolute atomic E-state index is 11.4. The number of rotatable bonds is 2. The predicted octanol–water partition coefficient (Wildman–Crippen LogP) is 1.15. The van der Waals surface area contributed by atoms with Crippen LogP contribution < -0.4 is 0 Å². The van der Waals surface area contributed by atoms with Gasteiger partial charge in [0, 0.05) is 6.54 Å². The fourth-order valence-corrected chi connectivity index (χ4v) is 1.14. The Bertz CT molecular complexity index is 222. The lowest BCUT2D eigenvalue weighted by atomic mass is 10.1. The van der Waals surface area contributed by atoms with Crippen molar-refractivity contribution in [3.05, 3.63) is 0 Å². The third kappa shape index (κ3) is 1.29. The number of nitrogens with zero attached hydrogens (tertiary/aromatic N) is 1. The van der Waals surface area contributed by atoms with Gasteiger partial charge < -0.3 is 4.74 Å². The molecule has 1 saturated heterocycles. The summed E-state index contributed by atoms with van der Waals surface area (Å²) in [5.41, 5.74) is -0.966. The first-order valence-corrected chi connectivity index (χ1v) is 4.04. The van der Waals surface area contributed by atoms with Crippen molar-refractivity contribution in [2.24, 2.45) is 0 Å². The highest BCUT2D eigenvalue weighted by molar-refractivity contribution is 6.02. The second kappa shape index (κ2) is 2.77. The minimum atomic E-state index is -0.966. The van der Waals surface area contributed by atoms with Crippen LogP contribution in [0.2, 0.25) is 0 Å². The number of cyclic esters (lactones) is 1. The van der Waals surface area contributed by atoms with Crippen LogP contribution in [-0.4, -0.2) is 29.0 Å². The van der Waals surface area contributed by atoms with Crippen LogP contribution in [0.4, 0.5) is 4.79 Å². The molecule has 0 unspecified atom stereocenters. The molecule has 1 heterocycles. The molecule has 0 aliphatic carbocycles. The first-order valence-electron chi connectivity index (χ1n) is 4.04. The molecule has 68 valence electrons. The number of hydrogen-bond acceptors (Lipinski definition) is 3. The SMILES string of the molecule is CCCN1C(=O)OC(C)(C)C1=O. The number of carbonyl (C=O) groups excluding carboxylic acids is 2. The molecule has 0 atom stereocenters. The van der Waals surface area contributed by atoms with Crippen molar-refractivity contribution in [2.45, 2.75) is 32.8 Å². The second-order valence-corrected chi connectivity index (χ2v) is 3.34. The Kier molecular flexibility index (Phi) is 2.08. The van der Waals surface area contributed by atoms with E-state index in [-0.39, 0.29) is 5.91 Å². The van der Waals surface area contributed by atoms with E-state index >= 15 is 0 Å². The van der Waals surface area contributed by atoms with E-state index in [1.165, 1.54) is 0 Å². The quantitative estimate of drug-likeness (QED) is 0.626. The van der Waals surface area contributed by atoms with Gasteiger partial charge in [0.1, 0.15) is 0 Å². The van der Waals surface area contributed by atoms with Crippen LogP contribution in [0.15, 0.2) is 0 Å². The number of amides is 2. The molecule has 0 bridgehead atoms. The largest absolute Gasteiger partial charge is 0.433 e. The summed E-state index contributed by atoms with van der Waals surface area (Å²) in [6.07, 6.45) is 0.239. The molecule has 0 spiro atoms. The second-order valence-electron chi connectivity index (χ2n) is 3.34. The lowest BCUT2D eigenvalue weighted by molar-refractivity contribution is -0.134. The number of hydrogen-bond donors (Lipinski definition) is 0. The monoisotopic (exact) mass is 171 g/mol. The molecule has 1 aliphatic heterocycles.